The molecule has 0 N–H and O–H groups in total. The molecule has 2 saturated heterocycles. The second kappa shape index (κ2) is 7.65. The molecule has 1 aromatic rings. The lowest BCUT2D eigenvalue weighted by Crippen LogP contribution is -2.51. The lowest BCUT2D eigenvalue weighted by atomic mass is 9.95. The number of hydrogen-bond donors (Lipinski definition) is 0. The second-order valence-electron chi connectivity index (χ2n) is 6.81. The molecule has 0 spiro atoms. The van der Waals surface area contributed by atoms with Crippen molar-refractivity contribution in [3.05, 3.63) is 34.9 Å². The van der Waals surface area contributed by atoms with Crippen LogP contribution in [-0.2, 0) is 11.3 Å². The highest BCUT2D eigenvalue weighted by atomic mass is 35.5. The zero-order chi connectivity index (χ0) is 16.2. The van der Waals surface area contributed by atoms with Crippen LogP contribution in [0.4, 0.5) is 0 Å². The van der Waals surface area contributed by atoms with Crippen molar-refractivity contribution in [2.24, 2.45) is 5.92 Å². The molecule has 0 atom stereocenters. The summed E-state index contributed by atoms with van der Waals surface area (Å²) in [6.07, 6.45) is 2.02. The van der Waals surface area contributed by atoms with Crippen LogP contribution in [-0.4, -0.2) is 66.9 Å². The third-order valence-electron chi connectivity index (χ3n) is 5.05. The van der Waals surface area contributed by atoms with Crippen molar-refractivity contribution < 1.29 is 4.79 Å². The molecule has 23 heavy (non-hydrogen) atoms. The third-order valence-corrected chi connectivity index (χ3v) is 5.28. The van der Waals surface area contributed by atoms with E-state index in [1.807, 2.05) is 18.2 Å². The van der Waals surface area contributed by atoms with Gasteiger partial charge in [0.05, 0.1) is 0 Å². The number of piperazine rings is 1. The van der Waals surface area contributed by atoms with Gasteiger partial charge >= 0.3 is 0 Å². The molecule has 2 heterocycles. The van der Waals surface area contributed by atoms with Gasteiger partial charge in [-0.3, -0.25) is 9.69 Å². The number of rotatable bonds is 3. The molecule has 4 nitrogen and oxygen atoms in total. The van der Waals surface area contributed by atoms with E-state index < -0.39 is 0 Å². The minimum atomic E-state index is 0.241. The maximum absolute atomic E-state index is 12.6. The zero-order valence-electron chi connectivity index (χ0n) is 13.9. The Bertz CT molecular complexity index is 535. The Morgan fingerprint density at radius 3 is 2.48 bits per heavy atom. The van der Waals surface area contributed by atoms with Crippen molar-refractivity contribution in [2.75, 3.05) is 46.3 Å². The summed E-state index contributed by atoms with van der Waals surface area (Å²) in [4.78, 5) is 19.4. The Morgan fingerprint density at radius 1 is 1.13 bits per heavy atom. The van der Waals surface area contributed by atoms with Crippen molar-refractivity contribution in [3.8, 4) is 0 Å². The highest BCUT2D eigenvalue weighted by Gasteiger charge is 2.29. The maximum atomic E-state index is 12.6. The predicted octanol–water partition coefficient (Wildman–Crippen LogP) is 2.33. The van der Waals surface area contributed by atoms with Crippen LogP contribution in [0.25, 0.3) is 0 Å². The van der Waals surface area contributed by atoms with Gasteiger partial charge in [0.1, 0.15) is 0 Å². The van der Waals surface area contributed by atoms with E-state index in [9.17, 15) is 4.79 Å². The van der Waals surface area contributed by atoms with E-state index >= 15 is 0 Å². The first-order valence-electron chi connectivity index (χ1n) is 8.56. The summed E-state index contributed by atoms with van der Waals surface area (Å²) >= 11 is 6.05. The minimum absolute atomic E-state index is 0.241. The number of piperidine rings is 1. The molecule has 0 radical (unpaired) electrons. The molecule has 0 aromatic heterocycles. The monoisotopic (exact) mass is 335 g/mol. The Hall–Kier alpha value is -1.10. The lowest BCUT2D eigenvalue weighted by molar-refractivity contribution is -0.138. The SMILES string of the molecule is CN1CCC(C(=O)N2CCN(Cc3cccc(Cl)c3)CC2)CC1. The van der Waals surface area contributed by atoms with Crippen LogP contribution >= 0.6 is 11.6 Å². The van der Waals surface area contributed by atoms with E-state index in [-0.39, 0.29) is 5.92 Å². The number of carbonyl (C=O) groups is 1. The highest BCUT2D eigenvalue weighted by molar-refractivity contribution is 6.30. The minimum Gasteiger partial charge on any atom is -0.340 e. The van der Waals surface area contributed by atoms with Crippen LogP contribution in [0.5, 0.6) is 0 Å². The first-order chi connectivity index (χ1) is 11.1. The Morgan fingerprint density at radius 2 is 1.83 bits per heavy atom. The van der Waals surface area contributed by atoms with Crippen LogP contribution in [0.3, 0.4) is 0 Å². The lowest BCUT2D eigenvalue weighted by Gasteiger charge is -2.38. The van der Waals surface area contributed by atoms with Crippen LogP contribution in [0, 0.1) is 5.92 Å². The van der Waals surface area contributed by atoms with Crippen LogP contribution in [0.2, 0.25) is 5.02 Å². The fourth-order valence-electron chi connectivity index (χ4n) is 3.53. The number of halogens is 1. The molecule has 3 rings (SSSR count). The van der Waals surface area contributed by atoms with Crippen LogP contribution < -0.4 is 0 Å². The third kappa shape index (κ3) is 4.46. The van der Waals surface area contributed by atoms with E-state index in [0.717, 1.165) is 63.7 Å². The highest BCUT2D eigenvalue weighted by Crippen LogP contribution is 2.20. The summed E-state index contributed by atoms with van der Waals surface area (Å²) in [5.74, 6) is 0.617. The largest absolute Gasteiger partial charge is 0.340 e. The van der Waals surface area contributed by atoms with Gasteiger partial charge in [0.15, 0.2) is 0 Å². The topological polar surface area (TPSA) is 26.8 Å². The zero-order valence-corrected chi connectivity index (χ0v) is 14.6. The average Bonchev–Trinajstić information content (AvgIpc) is 2.56. The van der Waals surface area contributed by atoms with E-state index in [1.54, 1.807) is 0 Å². The fraction of sp³-hybridized carbons (Fsp3) is 0.611. The van der Waals surface area contributed by atoms with E-state index in [0.29, 0.717) is 5.91 Å². The Balaban J connectivity index is 1.47. The van der Waals surface area contributed by atoms with Gasteiger partial charge in [0.2, 0.25) is 5.91 Å². The molecule has 0 aliphatic carbocycles. The first kappa shape index (κ1) is 16.7. The van der Waals surface area contributed by atoms with Gasteiger partial charge in [0.25, 0.3) is 0 Å². The van der Waals surface area contributed by atoms with E-state index in [2.05, 4.69) is 27.8 Å². The first-order valence-corrected chi connectivity index (χ1v) is 8.94. The molecule has 1 aromatic carbocycles. The standard InChI is InChI=1S/C18H26ClN3O/c1-20-7-5-16(6-8-20)18(23)22-11-9-21(10-12-22)14-15-3-2-4-17(19)13-15/h2-4,13,16H,5-12,14H2,1H3. The van der Waals surface area contributed by atoms with E-state index in [4.69, 9.17) is 11.6 Å². The number of benzene rings is 1. The van der Waals surface area contributed by atoms with Crippen LogP contribution in [0.15, 0.2) is 24.3 Å². The molecule has 0 unspecified atom stereocenters. The molecule has 2 aliphatic rings. The summed E-state index contributed by atoms with van der Waals surface area (Å²) in [6, 6.07) is 8.04. The molecule has 2 aliphatic heterocycles. The Kier molecular flexibility index (Phi) is 5.57. The molecule has 1 amide bonds. The van der Waals surface area contributed by atoms with Crippen molar-refractivity contribution in [2.45, 2.75) is 19.4 Å². The predicted molar refractivity (Wildman–Crippen MR) is 93.5 cm³/mol. The van der Waals surface area contributed by atoms with Gasteiger partial charge in [-0.15, -0.1) is 0 Å². The van der Waals surface area contributed by atoms with E-state index in [1.165, 1.54) is 5.56 Å². The summed E-state index contributed by atoms with van der Waals surface area (Å²) in [7, 11) is 2.13. The fourth-order valence-corrected chi connectivity index (χ4v) is 3.75. The van der Waals surface area contributed by atoms with Crippen molar-refractivity contribution in [1.82, 2.24) is 14.7 Å². The molecular weight excluding hydrogens is 310 g/mol. The van der Waals surface area contributed by atoms with Gasteiger partial charge in [-0.05, 0) is 50.7 Å². The van der Waals surface area contributed by atoms with Gasteiger partial charge in [0, 0.05) is 43.7 Å². The number of hydrogen-bond acceptors (Lipinski definition) is 3. The van der Waals surface area contributed by atoms with Gasteiger partial charge in [-0.25, -0.2) is 0 Å². The summed E-state index contributed by atoms with van der Waals surface area (Å²) in [5, 5.41) is 0.790. The quantitative estimate of drug-likeness (QED) is 0.848. The number of nitrogens with zero attached hydrogens (tertiary/aromatic N) is 3. The smallest absolute Gasteiger partial charge is 0.225 e. The molecular formula is C18H26ClN3O. The summed E-state index contributed by atoms with van der Waals surface area (Å²) < 4.78 is 0. The van der Waals surface area contributed by atoms with Gasteiger partial charge in [-0.2, -0.15) is 0 Å². The van der Waals surface area contributed by atoms with Crippen molar-refractivity contribution >= 4 is 17.5 Å². The van der Waals surface area contributed by atoms with Gasteiger partial charge in [-0.1, -0.05) is 23.7 Å². The maximum Gasteiger partial charge on any atom is 0.225 e. The molecule has 5 heteroatoms. The number of likely N-dealkylation sites (tertiary alicyclic amines) is 1. The second-order valence-corrected chi connectivity index (χ2v) is 7.25. The average molecular weight is 336 g/mol. The van der Waals surface area contributed by atoms with Crippen molar-refractivity contribution in [1.29, 1.82) is 0 Å². The van der Waals surface area contributed by atoms with Crippen LogP contribution in [0.1, 0.15) is 18.4 Å². The summed E-state index contributed by atoms with van der Waals surface area (Å²) in [5.41, 5.74) is 1.24. The number of carbonyl (C=O) groups excluding carboxylic acids is 1. The molecule has 2 fully saturated rings. The van der Waals surface area contributed by atoms with Crippen molar-refractivity contribution in [3.63, 3.8) is 0 Å². The Labute approximate surface area is 144 Å². The van der Waals surface area contributed by atoms with Gasteiger partial charge < -0.3 is 9.80 Å². The summed E-state index contributed by atoms with van der Waals surface area (Å²) in [6.45, 7) is 6.61. The molecule has 0 saturated carbocycles. The molecule has 0 bridgehead atoms. The number of amides is 1. The molecule has 126 valence electrons. The normalized spacial score (nSPS) is 21.6.